The van der Waals surface area contributed by atoms with E-state index >= 15 is 0 Å². The summed E-state index contributed by atoms with van der Waals surface area (Å²) in [4.78, 5) is 3.25. The topological polar surface area (TPSA) is 12.0 Å². The number of fused-ring (bicyclic) bond motifs is 1. The Hall–Kier alpha value is -0.340. The maximum atomic E-state index is 3.92. The molecule has 1 aromatic heterocycles. The number of hydrogen-bond donors (Lipinski definition) is 1. The monoisotopic (exact) mass is 291 g/mol. The SMILES string of the molecule is CC1CCCC(NC(C)c2cc3c(s2)CCCC3)CC1. The molecule has 2 aliphatic carbocycles. The molecule has 0 aromatic carbocycles. The summed E-state index contributed by atoms with van der Waals surface area (Å²) in [5.74, 6) is 0.936. The van der Waals surface area contributed by atoms with Gasteiger partial charge in [0.05, 0.1) is 0 Å². The van der Waals surface area contributed by atoms with E-state index in [9.17, 15) is 0 Å². The summed E-state index contributed by atoms with van der Waals surface area (Å²) in [6.07, 6.45) is 12.4. The van der Waals surface area contributed by atoms with Gasteiger partial charge < -0.3 is 5.32 Å². The van der Waals surface area contributed by atoms with Gasteiger partial charge in [0.15, 0.2) is 0 Å². The minimum Gasteiger partial charge on any atom is -0.307 e. The van der Waals surface area contributed by atoms with Crippen LogP contribution in [0.3, 0.4) is 0 Å². The van der Waals surface area contributed by atoms with Crippen LogP contribution in [0.5, 0.6) is 0 Å². The lowest BCUT2D eigenvalue weighted by atomic mass is 9.98. The van der Waals surface area contributed by atoms with Crippen molar-refractivity contribution in [2.45, 2.75) is 83.7 Å². The lowest BCUT2D eigenvalue weighted by Gasteiger charge is -2.21. The summed E-state index contributed by atoms with van der Waals surface area (Å²) in [6.45, 7) is 4.78. The van der Waals surface area contributed by atoms with Crippen LogP contribution >= 0.6 is 11.3 Å². The quantitative estimate of drug-likeness (QED) is 0.750. The zero-order valence-corrected chi connectivity index (χ0v) is 13.9. The lowest BCUT2D eigenvalue weighted by molar-refractivity contribution is 0.411. The smallest absolute Gasteiger partial charge is 0.0388 e. The van der Waals surface area contributed by atoms with E-state index in [4.69, 9.17) is 0 Å². The van der Waals surface area contributed by atoms with Gasteiger partial charge in [-0.05, 0) is 69.4 Å². The summed E-state index contributed by atoms with van der Waals surface area (Å²) in [5.41, 5.74) is 1.65. The van der Waals surface area contributed by atoms with Crippen LogP contribution in [0.15, 0.2) is 6.07 Å². The summed E-state index contributed by atoms with van der Waals surface area (Å²) in [6, 6.07) is 3.79. The molecule has 0 amide bonds. The summed E-state index contributed by atoms with van der Waals surface area (Å²) >= 11 is 2.08. The van der Waals surface area contributed by atoms with Gasteiger partial charge >= 0.3 is 0 Å². The molecule has 1 N–H and O–H groups in total. The van der Waals surface area contributed by atoms with Crippen molar-refractivity contribution >= 4 is 11.3 Å². The van der Waals surface area contributed by atoms with Gasteiger partial charge in [0.2, 0.25) is 0 Å². The Morgan fingerprint density at radius 3 is 2.80 bits per heavy atom. The highest BCUT2D eigenvalue weighted by atomic mass is 32.1. The Labute approximate surface area is 128 Å². The predicted molar refractivity (Wildman–Crippen MR) is 88.5 cm³/mol. The second-order valence-electron chi connectivity index (χ2n) is 7.00. The third-order valence-corrected chi connectivity index (χ3v) is 6.61. The molecule has 20 heavy (non-hydrogen) atoms. The third kappa shape index (κ3) is 3.46. The first-order chi connectivity index (χ1) is 9.72. The molecule has 3 rings (SSSR count). The molecule has 0 bridgehead atoms. The molecule has 1 saturated carbocycles. The minimum atomic E-state index is 0.545. The molecule has 3 unspecified atom stereocenters. The van der Waals surface area contributed by atoms with Crippen molar-refractivity contribution in [1.82, 2.24) is 5.32 Å². The van der Waals surface area contributed by atoms with Crippen molar-refractivity contribution in [3.8, 4) is 0 Å². The van der Waals surface area contributed by atoms with E-state index in [2.05, 4.69) is 36.6 Å². The van der Waals surface area contributed by atoms with E-state index in [0.717, 1.165) is 12.0 Å². The van der Waals surface area contributed by atoms with Crippen molar-refractivity contribution in [3.63, 3.8) is 0 Å². The Balaban J connectivity index is 1.60. The number of hydrogen-bond acceptors (Lipinski definition) is 2. The van der Waals surface area contributed by atoms with E-state index in [-0.39, 0.29) is 0 Å². The van der Waals surface area contributed by atoms with Crippen LogP contribution in [0.25, 0.3) is 0 Å². The summed E-state index contributed by atoms with van der Waals surface area (Å²) in [7, 11) is 0. The molecule has 1 nitrogen and oxygen atoms in total. The normalized spacial score (nSPS) is 28.7. The number of thiophene rings is 1. The number of aryl methyl sites for hydroxylation is 2. The fraction of sp³-hybridized carbons (Fsp3) is 0.778. The fourth-order valence-electron chi connectivity index (χ4n) is 3.82. The number of nitrogens with one attached hydrogen (secondary N) is 1. The van der Waals surface area contributed by atoms with Crippen LogP contribution in [0.1, 0.15) is 80.2 Å². The zero-order valence-electron chi connectivity index (χ0n) is 13.1. The van der Waals surface area contributed by atoms with E-state index in [1.807, 2.05) is 0 Å². The molecule has 1 fully saturated rings. The van der Waals surface area contributed by atoms with Crippen LogP contribution in [0, 0.1) is 5.92 Å². The molecule has 2 heteroatoms. The van der Waals surface area contributed by atoms with Crippen LogP contribution in [0.2, 0.25) is 0 Å². The van der Waals surface area contributed by atoms with E-state index < -0.39 is 0 Å². The fourth-order valence-corrected chi connectivity index (χ4v) is 5.09. The summed E-state index contributed by atoms with van der Waals surface area (Å²) in [5, 5.41) is 3.92. The Kier molecular flexibility index (Phi) is 4.83. The molecule has 1 aromatic rings. The highest BCUT2D eigenvalue weighted by molar-refractivity contribution is 7.12. The van der Waals surface area contributed by atoms with Crippen molar-refractivity contribution in [2.75, 3.05) is 0 Å². The maximum Gasteiger partial charge on any atom is 0.0388 e. The average Bonchev–Trinajstić information content (AvgIpc) is 2.78. The van der Waals surface area contributed by atoms with E-state index in [0.29, 0.717) is 6.04 Å². The largest absolute Gasteiger partial charge is 0.307 e. The highest BCUT2D eigenvalue weighted by Gasteiger charge is 2.21. The second kappa shape index (κ2) is 6.62. The standard InChI is InChI=1S/C18H29NS/c1-13-6-5-8-16(11-10-13)19-14(2)18-12-15-7-3-4-9-17(15)20-18/h12-14,16,19H,3-11H2,1-2H3. The van der Waals surface area contributed by atoms with Crippen molar-refractivity contribution in [3.05, 3.63) is 21.4 Å². The summed E-state index contributed by atoms with van der Waals surface area (Å²) < 4.78 is 0. The number of rotatable bonds is 3. The van der Waals surface area contributed by atoms with Gasteiger partial charge in [0.1, 0.15) is 0 Å². The van der Waals surface area contributed by atoms with Gasteiger partial charge in [-0.1, -0.05) is 19.8 Å². The average molecular weight is 292 g/mol. The first kappa shape index (κ1) is 14.6. The molecule has 0 saturated heterocycles. The van der Waals surface area contributed by atoms with Crippen LogP contribution in [-0.2, 0) is 12.8 Å². The van der Waals surface area contributed by atoms with Gasteiger partial charge in [0, 0.05) is 21.8 Å². The molecule has 112 valence electrons. The molecular formula is C18H29NS. The molecule has 0 spiro atoms. The lowest BCUT2D eigenvalue weighted by Crippen LogP contribution is -2.30. The van der Waals surface area contributed by atoms with E-state index in [1.54, 1.807) is 15.3 Å². The van der Waals surface area contributed by atoms with Gasteiger partial charge in [-0.2, -0.15) is 0 Å². The first-order valence-electron chi connectivity index (χ1n) is 8.60. The van der Waals surface area contributed by atoms with Crippen LogP contribution in [0.4, 0.5) is 0 Å². The van der Waals surface area contributed by atoms with E-state index in [1.165, 1.54) is 57.8 Å². The van der Waals surface area contributed by atoms with Crippen molar-refractivity contribution in [1.29, 1.82) is 0 Å². The molecule has 0 radical (unpaired) electrons. The van der Waals surface area contributed by atoms with Gasteiger partial charge in [0.25, 0.3) is 0 Å². The Morgan fingerprint density at radius 2 is 1.95 bits per heavy atom. The molecule has 0 aliphatic heterocycles. The maximum absolute atomic E-state index is 3.92. The Bertz CT molecular complexity index is 413. The highest BCUT2D eigenvalue weighted by Crippen LogP contribution is 2.33. The van der Waals surface area contributed by atoms with Gasteiger partial charge in [-0.3, -0.25) is 0 Å². The third-order valence-electron chi connectivity index (χ3n) is 5.19. The predicted octanol–water partition coefficient (Wildman–Crippen LogP) is 5.25. The van der Waals surface area contributed by atoms with Gasteiger partial charge in [-0.25, -0.2) is 0 Å². The second-order valence-corrected chi connectivity index (χ2v) is 8.17. The minimum absolute atomic E-state index is 0.545. The molecule has 3 atom stereocenters. The molecule has 1 heterocycles. The van der Waals surface area contributed by atoms with Crippen LogP contribution < -0.4 is 5.32 Å². The van der Waals surface area contributed by atoms with Crippen LogP contribution in [-0.4, -0.2) is 6.04 Å². The molecule has 2 aliphatic rings. The first-order valence-corrected chi connectivity index (χ1v) is 9.41. The van der Waals surface area contributed by atoms with Gasteiger partial charge in [-0.15, -0.1) is 11.3 Å². The molecular weight excluding hydrogens is 262 g/mol. The van der Waals surface area contributed by atoms with Crippen molar-refractivity contribution in [2.24, 2.45) is 5.92 Å². The Morgan fingerprint density at radius 1 is 1.10 bits per heavy atom. The zero-order chi connectivity index (χ0) is 13.9. The van der Waals surface area contributed by atoms with Crippen molar-refractivity contribution < 1.29 is 0 Å².